The van der Waals surface area contributed by atoms with Crippen LogP contribution in [-0.2, 0) is 4.79 Å². The third kappa shape index (κ3) is 3.09. The average molecular weight is 251 g/mol. The molecule has 1 aromatic heterocycles. The first-order valence-electron chi connectivity index (χ1n) is 6.03. The van der Waals surface area contributed by atoms with Crippen molar-refractivity contribution in [1.29, 1.82) is 0 Å². The molecule has 1 aromatic rings. The van der Waals surface area contributed by atoms with Crippen LogP contribution in [0.5, 0.6) is 5.88 Å². The van der Waals surface area contributed by atoms with Gasteiger partial charge in [-0.1, -0.05) is 0 Å². The van der Waals surface area contributed by atoms with Gasteiger partial charge in [0.05, 0.1) is 7.11 Å². The Balaban J connectivity index is 2.05. The van der Waals surface area contributed by atoms with Gasteiger partial charge in [-0.15, -0.1) is 0 Å². The minimum Gasteiger partial charge on any atom is -0.481 e. The zero-order valence-corrected chi connectivity index (χ0v) is 10.4. The summed E-state index contributed by atoms with van der Waals surface area (Å²) in [6.45, 7) is 1.56. The fourth-order valence-corrected chi connectivity index (χ4v) is 2.26. The normalized spacial score (nSPS) is 19.6. The van der Waals surface area contributed by atoms with Crippen molar-refractivity contribution in [1.82, 2.24) is 9.97 Å². The van der Waals surface area contributed by atoms with E-state index in [1.807, 2.05) is 4.90 Å². The van der Waals surface area contributed by atoms with E-state index in [-0.39, 0.29) is 12.3 Å². The predicted octanol–water partition coefficient (Wildman–Crippen LogP) is 1.18. The third-order valence-corrected chi connectivity index (χ3v) is 3.09. The van der Waals surface area contributed by atoms with Crippen molar-refractivity contribution in [3.05, 3.63) is 12.3 Å². The van der Waals surface area contributed by atoms with Gasteiger partial charge in [0.15, 0.2) is 0 Å². The Kier molecular flexibility index (Phi) is 3.96. The van der Waals surface area contributed by atoms with Crippen LogP contribution in [0.2, 0.25) is 0 Å². The number of methoxy groups -OCH3 is 1. The minimum absolute atomic E-state index is 0.172. The molecule has 0 amide bonds. The number of piperidine rings is 1. The Bertz CT molecular complexity index is 425. The Morgan fingerprint density at radius 3 is 3.22 bits per heavy atom. The van der Waals surface area contributed by atoms with Gasteiger partial charge in [0.2, 0.25) is 11.8 Å². The van der Waals surface area contributed by atoms with Crippen molar-refractivity contribution in [2.45, 2.75) is 19.3 Å². The number of hydrogen-bond donors (Lipinski definition) is 1. The first kappa shape index (κ1) is 12.6. The minimum atomic E-state index is -0.742. The van der Waals surface area contributed by atoms with Gasteiger partial charge in [0.25, 0.3) is 0 Å². The van der Waals surface area contributed by atoms with Gasteiger partial charge in [-0.2, -0.15) is 4.98 Å². The van der Waals surface area contributed by atoms with Gasteiger partial charge in [-0.3, -0.25) is 4.79 Å². The monoisotopic (exact) mass is 251 g/mol. The lowest BCUT2D eigenvalue weighted by atomic mass is 9.95. The molecule has 0 spiro atoms. The molecule has 6 nitrogen and oxygen atoms in total. The maximum Gasteiger partial charge on any atom is 0.303 e. The Hall–Kier alpha value is -1.85. The lowest BCUT2D eigenvalue weighted by molar-refractivity contribution is -0.138. The van der Waals surface area contributed by atoms with E-state index in [0.717, 1.165) is 19.4 Å². The lowest BCUT2D eigenvalue weighted by Crippen LogP contribution is -2.37. The van der Waals surface area contributed by atoms with Crippen LogP contribution in [0, 0.1) is 5.92 Å². The van der Waals surface area contributed by atoms with Crippen molar-refractivity contribution in [2.24, 2.45) is 5.92 Å². The molecule has 1 unspecified atom stereocenters. The molecule has 1 aliphatic heterocycles. The average Bonchev–Trinajstić information content (AvgIpc) is 2.38. The Morgan fingerprint density at radius 2 is 2.50 bits per heavy atom. The molecule has 1 fully saturated rings. The number of aliphatic carboxylic acids is 1. The van der Waals surface area contributed by atoms with Crippen molar-refractivity contribution in [3.8, 4) is 5.88 Å². The van der Waals surface area contributed by atoms with Crippen LogP contribution in [0.15, 0.2) is 12.3 Å². The number of carboxylic acid groups (broad SMARTS) is 1. The largest absolute Gasteiger partial charge is 0.481 e. The van der Waals surface area contributed by atoms with Crippen molar-refractivity contribution >= 4 is 11.9 Å². The molecule has 1 aliphatic rings. The molecular formula is C12H17N3O3. The summed E-state index contributed by atoms with van der Waals surface area (Å²) in [6.07, 6.45) is 3.79. The number of ether oxygens (including phenoxy) is 1. The molecule has 18 heavy (non-hydrogen) atoms. The smallest absolute Gasteiger partial charge is 0.303 e. The molecule has 98 valence electrons. The molecule has 1 atom stereocenters. The number of aromatic nitrogens is 2. The molecule has 0 bridgehead atoms. The zero-order chi connectivity index (χ0) is 13.0. The number of rotatable bonds is 4. The summed E-state index contributed by atoms with van der Waals surface area (Å²) in [4.78, 5) is 21.3. The van der Waals surface area contributed by atoms with Gasteiger partial charge in [-0.05, 0) is 18.8 Å². The molecular weight excluding hydrogens is 234 g/mol. The fraction of sp³-hybridized carbons (Fsp3) is 0.583. The van der Waals surface area contributed by atoms with Crippen molar-refractivity contribution < 1.29 is 14.6 Å². The SMILES string of the molecule is COc1ccnc(N2CCCC(CC(=O)O)C2)n1. The molecule has 0 radical (unpaired) electrons. The van der Waals surface area contributed by atoms with Gasteiger partial charge in [-0.25, -0.2) is 4.98 Å². The van der Waals surface area contributed by atoms with Crippen molar-refractivity contribution in [2.75, 3.05) is 25.1 Å². The summed E-state index contributed by atoms with van der Waals surface area (Å²) in [5.41, 5.74) is 0. The highest BCUT2D eigenvalue weighted by Crippen LogP contribution is 2.23. The third-order valence-electron chi connectivity index (χ3n) is 3.09. The Morgan fingerprint density at radius 1 is 1.67 bits per heavy atom. The summed E-state index contributed by atoms with van der Waals surface area (Å²) in [7, 11) is 1.57. The summed E-state index contributed by atoms with van der Waals surface area (Å²) < 4.78 is 5.07. The standard InChI is InChI=1S/C12H17N3O3/c1-18-10-4-5-13-12(14-10)15-6-2-3-9(8-15)7-11(16)17/h4-5,9H,2-3,6-8H2,1H3,(H,16,17). The highest BCUT2D eigenvalue weighted by molar-refractivity contribution is 5.67. The summed E-state index contributed by atoms with van der Waals surface area (Å²) in [6, 6.07) is 1.70. The molecule has 2 rings (SSSR count). The summed E-state index contributed by atoms with van der Waals surface area (Å²) in [5, 5.41) is 8.83. The lowest BCUT2D eigenvalue weighted by Gasteiger charge is -2.32. The number of nitrogens with zero attached hydrogens (tertiary/aromatic N) is 3. The van der Waals surface area contributed by atoms with Crippen LogP contribution in [0.3, 0.4) is 0 Å². The van der Waals surface area contributed by atoms with Crippen LogP contribution >= 0.6 is 0 Å². The maximum absolute atomic E-state index is 10.7. The van der Waals surface area contributed by atoms with E-state index in [1.165, 1.54) is 0 Å². The molecule has 0 aliphatic carbocycles. The fourth-order valence-electron chi connectivity index (χ4n) is 2.26. The molecule has 0 aromatic carbocycles. The molecule has 0 saturated carbocycles. The first-order valence-corrected chi connectivity index (χ1v) is 6.03. The van der Waals surface area contributed by atoms with Crippen LogP contribution in [0.1, 0.15) is 19.3 Å². The van der Waals surface area contributed by atoms with Crippen LogP contribution in [0.25, 0.3) is 0 Å². The summed E-state index contributed by atoms with van der Waals surface area (Å²) >= 11 is 0. The molecule has 2 heterocycles. The maximum atomic E-state index is 10.7. The van der Waals surface area contributed by atoms with E-state index in [2.05, 4.69) is 9.97 Å². The molecule has 1 saturated heterocycles. The summed E-state index contributed by atoms with van der Waals surface area (Å²) in [5.74, 6) is 0.573. The van der Waals surface area contributed by atoms with E-state index >= 15 is 0 Å². The van der Waals surface area contributed by atoms with Crippen molar-refractivity contribution in [3.63, 3.8) is 0 Å². The highest BCUT2D eigenvalue weighted by atomic mass is 16.5. The van der Waals surface area contributed by atoms with Crippen LogP contribution in [0.4, 0.5) is 5.95 Å². The second kappa shape index (κ2) is 5.66. The van der Waals surface area contributed by atoms with E-state index in [0.29, 0.717) is 18.4 Å². The molecule has 6 heteroatoms. The number of hydrogen-bond acceptors (Lipinski definition) is 5. The predicted molar refractivity (Wildman–Crippen MR) is 65.8 cm³/mol. The Labute approximate surface area is 106 Å². The number of carbonyl (C=O) groups is 1. The van der Waals surface area contributed by atoms with E-state index in [9.17, 15) is 4.79 Å². The van der Waals surface area contributed by atoms with E-state index in [1.54, 1.807) is 19.4 Å². The second-order valence-corrected chi connectivity index (χ2v) is 4.45. The highest BCUT2D eigenvalue weighted by Gasteiger charge is 2.23. The van der Waals surface area contributed by atoms with Crippen LogP contribution in [-0.4, -0.2) is 41.2 Å². The second-order valence-electron chi connectivity index (χ2n) is 4.45. The van der Waals surface area contributed by atoms with Gasteiger partial charge in [0, 0.05) is 31.8 Å². The first-order chi connectivity index (χ1) is 8.69. The quantitative estimate of drug-likeness (QED) is 0.866. The number of anilines is 1. The van der Waals surface area contributed by atoms with Crippen LogP contribution < -0.4 is 9.64 Å². The van der Waals surface area contributed by atoms with Gasteiger partial charge >= 0.3 is 5.97 Å². The number of carboxylic acids is 1. The topological polar surface area (TPSA) is 75.5 Å². The van der Waals surface area contributed by atoms with Gasteiger partial charge in [0.1, 0.15) is 0 Å². The van der Waals surface area contributed by atoms with E-state index in [4.69, 9.17) is 9.84 Å². The zero-order valence-electron chi connectivity index (χ0n) is 10.4. The van der Waals surface area contributed by atoms with E-state index < -0.39 is 5.97 Å². The molecule has 1 N–H and O–H groups in total. The van der Waals surface area contributed by atoms with Gasteiger partial charge < -0.3 is 14.7 Å².